The third-order valence-corrected chi connectivity index (χ3v) is 12.5. The quantitative estimate of drug-likeness (QED) is 0.0851. The molecule has 0 heterocycles. The lowest BCUT2D eigenvalue weighted by atomic mass is 9.70. The van der Waals surface area contributed by atoms with Crippen LogP contribution in [0.25, 0.3) is 0 Å². The molecule has 0 aliphatic heterocycles. The zero-order chi connectivity index (χ0) is 40.6. The molecule has 9 rings (SSSR count). The average molecular weight is 790 g/mol. The molecule has 0 aliphatic carbocycles. The van der Waals surface area contributed by atoms with E-state index in [1.807, 2.05) is 0 Å². The van der Waals surface area contributed by atoms with Crippen molar-refractivity contribution in [3.63, 3.8) is 0 Å². The van der Waals surface area contributed by atoms with Gasteiger partial charge in [-0.3, -0.25) is 0 Å². The molecule has 0 saturated heterocycles. The third-order valence-electron chi connectivity index (χ3n) is 11.5. The lowest BCUT2D eigenvalue weighted by Crippen LogP contribution is -2.29. The van der Waals surface area contributed by atoms with Crippen molar-refractivity contribution < 1.29 is 0 Å². The van der Waals surface area contributed by atoms with E-state index in [1.165, 1.54) is 16.7 Å². The normalized spacial score (nSPS) is 11.2. The van der Waals surface area contributed by atoms with Crippen LogP contribution in [0.4, 0.5) is 51.2 Å². The van der Waals surface area contributed by atoms with E-state index in [0.717, 1.165) is 67.5 Å². The van der Waals surface area contributed by atoms with Crippen LogP contribution in [0, 0.1) is 0 Å². The molecule has 0 unspecified atom stereocenters. The predicted octanol–water partition coefficient (Wildman–Crippen LogP) is 14.2. The van der Waals surface area contributed by atoms with Gasteiger partial charge in [0, 0.05) is 66.8 Å². The smallest absolute Gasteiger partial charge is 0.0461 e. The van der Waals surface area contributed by atoms with E-state index < -0.39 is 0 Å². The molecule has 290 valence electrons. The minimum atomic E-state index is -0.388. The number of nitrogens with zero attached hydrogens (tertiary/aromatic N) is 3. The van der Waals surface area contributed by atoms with E-state index in [-0.39, 0.29) is 5.41 Å². The predicted molar refractivity (Wildman–Crippen MR) is 258 cm³/mol. The van der Waals surface area contributed by atoms with Crippen molar-refractivity contribution in [3.8, 4) is 0 Å². The molecule has 0 radical (unpaired) electrons. The van der Waals surface area contributed by atoms with Gasteiger partial charge in [0.1, 0.15) is 0 Å². The first kappa shape index (κ1) is 38.1. The number of anilines is 9. The maximum absolute atomic E-state index is 2.36. The average Bonchev–Trinajstić information content (AvgIpc) is 3.33. The number of rotatable bonds is 13. The van der Waals surface area contributed by atoms with Crippen LogP contribution in [-0.2, 0) is 5.41 Å². The highest BCUT2D eigenvalue weighted by Gasteiger charge is 2.35. The van der Waals surface area contributed by atoms with Crippen molar-refractivity contribution in [2.45, 2.75) is 11.5 Å². The molecule has 0 aromatic heterocycles. The fourth-order valence-electron chi connectivity index (χ4n) is 8.60. The van der Waals surface area contributed by atoms with E-state index in [9.17, 15) is 0 Å². The molecule has 9 aromatic rings. The van der Waals surface area contributed by atoms with Gasteiger partial charge in [-0.15, -0.1) is 0 Å². The summed E-state index contributed by atoms with van der Waals surface area (Å²) in [4.78, 5) is 7.00. The van der Waals surface area contributed by atoms with Crippen LogP contribution in [0.1, 0.15) is 16.7 Å². The van der Waals surface area contributed by atoms with E-state index in [4.69, 9.17) is 0 Å². The van der Waals surface area contributed by atoms with Crippen LogP contribution in [0.3, 0.4) is 0 Å². The molecule has 60 heavy (non-hydrogen) atoms. The monoisotopic (exact) mass is 789 g/mol. The molecule has 0 bridgehead atoms. The van der Waals surface area contributed by atoms with Crippen molar-refractivity contribution in [2.24, 2.45) is 0 Å². The second-order valence-electron chi connectivity index (χ2n) is 14.9. The molecule has 3 nitrogen and oxygen atoms in total. The zero-order valence-electron chi connectivity index (χ0n) is 33.8. The largest absolute Gasteiger partial charge is 0.311 e. The summed E-state index contributed by atoms with van der Waals surface area (Å²) in [5, 5.41) is 0. The Balaban J connectivity index is 1.17. The lowest BCUT2D eigenvalue weighted by Gasteiger charge is -2.37. The first-order valence-corrected chi connectivity index (χ1v) is 22.2. The summed E-state index contributed by atoms with van der Waals surface area (Å²) in [6.45, 7) is 0. The van der Waals surface area contributed by atoms with Gasteiger partial charge in [-0.1, -0.05) is 146 Å². The maximum atomic E-state index is 2.36. The highest BCUT2D eigenvalue weighted by Crippen LogP contribution is 2.46. The zero-order valence-corrected chi connectivity index (χ0v) is 35.8. The van der Waals surface area contributed by atoms with Gasteiger partial charge in [-0.2, -0.15) is 0 Å². The Kier molecular flexibility index (Phi) is 11.2. The fraction of sp³-hybridized carbons (Fsp3) is 0.0357. The van der Waals surface area contributed by atoms with Crippen molar-refractivity contribution in [3.05, 3.63) is 271 Å². The maximum Gasteiger partial charge on any atom is 0.0461 e. The number of benzene rings is 9. The lowest BCUT2D eigenvalue weighted by molar-refractivity contribution is 0.691. The molecule has 9 aromatic carbocycles. The topological polar surface area (TPSA) is 9.72 Å². The van der Waals surface area contributed by atoms with Crippen LogP contribution in [0.2, 0.25) is 6.04 Å². The van der Waals surface area contributed by atoms with Gasteiger partial charge in [0.2, 0.25) is 0 Å². The van der Waals surface area contributed by atoms with Gasteiger partial charge in [-0.05, 0) is 132 Å². The summed E-state index contributed by atoms with van der Waals surface area (Å²) in [6, 6.07) is 92.7. The van der Waals surface area contributed by atoms with Gasteiger partial charge in [-0.25, -0.2) is 0 Å². The Bertz CT molecular complexity index is 2270. The molecule has 0 amide bonds. The first-order chi connectivity index (χ1) is 29.7. The molecule has 0 fully saturated rings. The number of hydrogen-bond acceptors (Lipinski definition) is 3. The number of para-hydroxylation sites is 6. The Morgan fingerprint density at radius 1 is 0.233 bits per heavy atom. The molecule has 0 saturated carbocycles. The van der Waals surface area contributed by atoms with Crippen LogP contribution >= 0.6 is 0 Å². The minimum Gasteiger partial charge on any atom is -0.311 e. The molecule has 0 spiro atoms. The minimum absolute atomic E-state index is 0.388. The van der Waals surface area contributed by atoms with Gasteiger partial charge < -0.3 is 14.7 Å². The molecular formula is C56H47N3Si. The van der Waals surface area contributed by atoms with Crippen LogP contribution in [-0.4, -0.2) is 10.2 Å². The summed E-state index contributed by atoms with van der Waals surface area (Å²) in [5.74, 6) is 0. The van der Waals surface area contributed by atoms with Crippen LogP contribution in [0.15, 0.2) is 255 Å². The first-order valence-electron chi connectivity index (χ1n) is 20.8. The highest BCUT2D eigenvalue weighted by atomic mass is 28.1. The van der Waals surface area contributed by atoms with E-state index >= 15 is 0 Å². The van der Waals surface area contributed by atoms with Crippen molar-refractivity contribution >= 4 is 61.4 Å². The van der Waals surface area contributed by atoms with Gasteiger partial charge in [0.15, 0.2) is 0 Å². The Hall–Kier alpha value is -7.40. The van der Waals surface area contributed by atoms with Crippen molar-refractivity contribution in [1.29, 1.82) is 0 Å². The Morgan fingerprint density at radius 2 is 0.400 bits per heavy atom. The summed E-state index contributed by atoms with van der Waals surface area (Å²) >= 11 is 0. The summed E-state index contributed by atoms with van der Waals surface area (Å²) in [7, 11) is 0.984. The van der Waals surface area contributed by atoms with Crippen LogP contribution in [0.5, 0.6) is 0 Å². The Morgan fingerprint density at radius 3 is 0.567 bits per heavy atom. The third kappa shape index (κ3) is 7.64. The SMILES string of the molecule is [SiH3]CC(c1ccc(N(c2ccccc2)c2ccccc2)cc1)(c1ccc(N(c2ccccc2)c2ccccc2)cc1)c1ccc(N(c2ccccc2)c2ccccc2)cc1. The van der Waals surface area contributed by atoms with E-state index in [0.29, 0.717) is 0 Å². The highest BCUT2D eigenvalue weighted by molar-refractivity contribution is 6.10. The molecule has 0 atom stereocenters. The van der Waals surface area contributed by atoms with Gasteiger partial charge >= 0.3 is 0 Å². The second kappa shape index (κ2) is 17.6. The van der Waals surface area contributed by atoms with E-state index in [2.05, 4.69) is 269 Å². The van der Waals surface area contributed by atoms with Crippen molar-refractivity contribution in [1.82, 2.24) is 0 Å². The summed E-state index contributed by atoms with van der Waals surface area (Å²) in [6.07, 6.45) is 0. The van der Waals surface area contributed by atoms with E-state index in [1.54, 1.807) is 0 Å². The second-order valence-corrected chi connectivity index (χ2v) is 15.6. The molecule has 0 N–H and O–H groups in total. The molecule has 0 aliphatic rings. The number of hydrogen-bond donors (Lipinski definition) is 0. The Labute approximate surface area is 357 Å². The van der Waals surface area contributed by atoms with Gasteiger partial charge in [0.05, 0.1) is 0 Å². The van der Waals surface area contributed by atoms with Crippen LogP contribution < -0.4 is 14.7 Å². The van der Waals surface area contributed by atoms with Crippen molar-refractivity contribution in [2.75, 3.05) is 14.7 Å². The summed E-state index contributed by atoms with van der Waals surface area (Å²) < 4.78 is 0. The fourth-order valence-corrected chi connectivity index (χ4v) is 9.83. The van der Waals surface area contributed by atoms with Gasteiger partial charge in [0.25, 0.3) is 0 Å². The molecular weight excluding hydrogens is 743 g/mol. The summed E-state index contributed by atoms with van der Waals surface area (Å²) in [5.41, 5.74) is 13.5. The molecule has 4 heteroatoms. The standard InChI is InChI=1S/C56H47N3Si/c60-43-56(44-31-37-53(38-32-44)57(47-19-7-1-8-20-47)48-21-9-2-10-22-48,45-33-39-54(40-34-45)58(49-23-11-3-12-24-49)50-25-13-4-14-26-50)46-35-41-55(42-36-46)59(51-27-15-5-16-28-51)52-29-17-6-18-30-52/h1-42H,43H2,60H3.